The lowest BCUT2D eigenvalue weighted by Gasteiger charge is -2.19. The number of furan rings is 1. The van der Waals surface area contributed by atoms with Crippen LogP contribution >= 0.6 is 0 Å². The van der Waals surface area contributed by atoms with Gasteiger partial charge in [-0.15, -0.1) is 0 Å². The SMILES string of the molecule is CC(C)CNCc1occc1CN(C)c1ccccc1. The van der Waals surface area contributed by atoms with Gasteiger partial charge >= 0.3 is 0 Å². The van der Waals surface area contributed by atoms with Gasteiger partial charge < -0.3 is 14.6 Å². The second kappa shape index (κ2) is 7.15. The molecule has 0 fully saturated rings. The van der Waals surface area contributed by atoms with E-state index >= 15 is 0 Å². The van der Waals surface area contributed by atoms with Crippen LogP contribution in [-0.2, 0) is 13.1 Å². The zero-order valence-corrected chi connectivity index (χ0v) is 12.6. The molecule has 0 bridgehead atoms. The molecule has 3 heteroatoms. The average molecular weight is 272 g/mol. The first kappa shape index (κ1) is 14.7. The van der Waals surface area contributed by atoms with Gasteiger partial charge in [-0.1, -0.05) is 32.0 Å². The van der Waals surface area contributed by atoms with Crippen LogP contribution in [0.15, 0.2) is 47.1 Å². The minimum absolute atomic E-state index is 0.653. The van der Waals surface area contributed by atoms with E-state index in [4.69, 9.17) is 4.42 Å². The van der Waals surface area contributed by atoms with Crippen molar-refractivity contribution in [1.29, 1.82) is 0 Å². The molecule has 2 aromatic rings. The van der Waals surface area contributed by atoms with E-state index in [0.29, 0.717) is 5.92 Å². The van der Waals surface area contributed by atoms with Crippen molar-refractivity contribution in [1.82, 2.24) is 5.32 Å². The Morgan fingerprint density at radius 1 is 1.15 bits per heavy atom. The van der Waals surface area contributed by atoms with Crippen LogP contribution in [0.4, 0.5) is 5.69 Å². The lowest BCUT2D eigenvalue weighted by molar-refractivity contribution is 0.460. The van der Waals surface area contributed by atoms with Gasteiger partial charge in [-0.05, 0) is 30.7 Å². The third-order valence-corrected chi connectivity index (χ3v) is 3.28. The molecule has 1 heterocycles. The predicted octanol–water partition coefficient (Wildman–Crippen LogP) is 3.66. The Balaban J connectivity index is 1.94. The van der Waals surface area contributed by atoms with Gasteiger partial charge in [-0.25, -0.2) is 0 Å². The smallest absolute Gasteiger partial charge is 0.122 e. The van der Waals surface area contributed by atoms with Crippen molar-refractivity contribution >= 4 is 5.69 Å². The highest BCUT2D eigenvalue weighted by Gasteiger charge is 2.09. The largest absolute Gasteiger partial charge is 0.468 e. The minimum Gasteiger partial charge on any atom is -0.468 e. The summed E-state index contributed by atoms with van der Waals surface area (Å²) in [5, 5.41) is 3.43. The van der Waals surface area contributed by atoms with Crippen molar-refractivity contribution in [2.24, 2.45) is 5.92 Å². The van der Waals surface area contributed by atoms with Crippen LogP contribution in [0.25, 0.3) is 0 Å². The maximum absolute atomic E-state index is 5.59. The summed E-state index contributed by atoms with van der Waals surface area (Å²) in [6.07, 6.45) is 1.78. The monoisotopic (exact) mass is 272 g/mol. The van der Waals surface area contributed by atoms with Gasteiger partial charge in [0, 0.05) is 24.8 Å². The van der Waals surface area contributed by atoms with Crippen molar-refractivity contribution < 1.29 is 4.42 Å². The molecule has 0 saturated carbocycles. The van der Waals surface area contributed by atoms with Crippen LogP contribution in [0, 0.1) is 5.92 Å². The van der Waals surface area contributed by atoms with E-state index in [1.165, 1.54) is 11.3 Å². The third-order valence-electron chi connectivity index (χ3n) is 3.28. The Hall–Kier alpha value is -1.74. The molecule has 3 nitrogen and oxygen atoms in total. The number of hydrogen-bond donors (Lipinski definition) is 1. The molecule has 0 aliphatic heterocycles. The quantitative estimate of drug-likeness (QED) is 0.833. The molecule has 1 N–H and O–H groups in total. The molecule has 0 aliphatic rings. The third kappa shape index (κ3) is 4.14. The number of nitrogens with one attached hydrogen (secondary N) is 1. The molecule has 0 radical (unpaired) electrons. The first-order valence-electron chi connectivity index (χ1n) is 7.19. The Kier molecular flexibility index (Phi) is 5.24. The van der Waals surface area contributed by atoms with Crippen LogP contribution < -0.4 is 10.2 Å². The van der Waals surface area contributed by atoms with Gasteiger partial charge in [0.15, 0.2) is 0 Å². The lowest BCUT2D eigenvalue weighted by Crippen LogP contribution is -2.21. The second-order valence-electron chi connectivity index (χ2n) is 5.59. The Morgan fingerprint density at radius 2 is 1.90 bits per heavy atom. The van der Waals surface area contributed by atoms with E-state index in [0.717, 1.165) is 25.4 Å². The molecular weight excluding hydrogens is 248 g/mol. The second-order valence-corrected chi connectivity index (χ2v) is 5.59. The van der Waals surface area contributed by atoms with Gasteiger partial charge in [0.1, 0.15) is 5.76 Å². The van der Waals surface area contributed by atoms with E-state index in [1.54, 1.807) is 6.26 Å². The summed E-state index contributed by atoms with van der Waals surface area (Å²) in [5.74, 6) is 1.69. The molecule has 0 spiro atoms. The molecule has 0 atom stereocenters. The molecule has 0 amide bonds. The fourth-order valence-corrected chi connectivity index (χ4v) is 2.17. The van der Waals surface area contributed by atoms with Crippen LogP contribution in [0.5, 0.6) is 0 Å². The predicted molar refractivity (Wildman–Crippen MR) is 83.8 cm³/mol. The standard InChI is InChI=1S/C17H24N2O/c1-14(2)11-18-12-17-15(9-10-20-17)13-19(3)16-7-5-4-6-8-16/h4-10,14,18H,11-13H2,1-3H3. The number of nitrogens with zero attached hydrogens (tertiary/aromatic N) is 1. The van der Waals surface area contributed by atoms with Crippen molar-refractivity contribution in [3.8, 4) is 0 Å². The number of para-hydroxylation sites is 1. The van der Waals surface area contributed by atoms with E-state index in [1.807, 2.05) is 6.07 Å². The Bertz CT molecular complexity index is 505. The zero-order valence-electron chi connectivity index (χ0n) is 12.6. The van der Waals surface area contributed by atoms with Crippen molar-refractivity contribution in [3.63, 3.8) is 0 Å². The molecule has 0 aliphatic carbocycles. The van der Waals surface area contributed by atoms with E-state index in [9.17, 15) is 0 Å². The summed E-state index contributed by atoms with van der Waals surface area (Å²) < 4.78 is 5.59. The molecule has 2 rings (SSSR count). The summed E-state index contributed by atoms with van der Waals surface area (Å²) in [6, 6.07) is 12.5. The highest BCUT2D eigenvalue weighted by atomic mass is 16.3. The highest BCUT2D eigenvalue weighted by Crippen LogP contribution is 2.18. The molecule has 0 saturated heterocycles. The van der Waals surface area contributed by atoms with Gasteiger partial charge in [-0.3, -0.25) is 0 Å². The number of anilines is 1. The first-order valence-corrected chi connectivity index (χ1v) is 7.19. The summed E-state index contributed by atoms with van der Waals surface area (Å²) >= 11 is 0. The van der Waals surface area contributed by atoms with Gasteiger partial charge in [-0.2, -0.15) is 0 Å². The van der Waals surface area contributed by atoms with Crippen molar-refractivity contribution in [3.05, 3.63) is 54.0 Å². The number of rotatable bonds is 7. The van der Waals surface area contributed by atoms with Crippen LogP contribution in [-0.4, -0.2) is 13.6 Å². The summed E-state index contributed by atoms with van der Waals surface area (Å²) in [7, 11) is 2.10. The van der Waals surface area contributed by atoms with Crippen LogP contribution in [0.3, 0.4) is 0 Å². The maximum atomic E-state index is 5.59. The van der Waals surface area contributed by atoms with Crippen molar-refractivity contribution in [2.45, 2.75) is 26.9 Å². The van der Waals surface area contributed by atoms with E-state index in [-0.39, 0.29) is 0 Å². The van der Waals surface area contributed by atoms with Crippen LogP contribution in [0.1, 0.15) is 25.2 Å². The topological polar surface area (TPSA) is 28.4 Å². The van der Waals surface area contributed by atoms with Gasteiger partial charge in [0.2, 0.25) is 0 Å². The lowest BCUT2D eigenvalue weighted by atomic mass is 10.2. The minimum atomic E-state index is 0.653. The Labute approximate surface area is 121 Å². The summed E-state index contributed by atoms with van der Waals surface area (Å²) in [4.78, 5) is 2.23. The fraction of sp³-hybridized carbons (Fsp3) is 0.412. The molecule has 1 aromatic carbocycles. The molecule has 0 unspecified atom stereocenters. The number of hydrogen-bond acceptors (Lipinski definition) is 3. The molecule has 108 valence electrons. The normalized spacial score (nSPS) is 11.0. The highest BCUT2D eigenvalue weighted by molar-refractivity contribution is 5.45. The summed E-state index contributed by atoms with van der Waals surface area (Å²) in [5.41, 5.74) is 2.46. The molecular formula is C17H24N2O. The van der Waals surface area contributed by atoms with Crippen LogP contribution in [0.2, 0.25) is 0 Å². The van der Waals surface area contributed by atoms with E-state index in [2.05, 4.69) is 61.4 Å². The van der Waals surface area contributed by atoms with Gasteiger partial charge in [0.05, 0.1) is 12.8 Å². The zero-order chi connectivity index (χ0) is 14.4. The fourth-order valence-electron chi connectivity index (χ4n) is 2.17. The summed E-state index contributed by atoms with van der Waals surface area (Å²) in [6.45, 7) is 7.08. The van der Waals surface area contributed by atoms with Gasteiger partial charge in [0.25, 0.3) is 0 Å². The van der Waals surface area contributed by atoms with Crippen molar-refractivity contribution in [2.75, 3.05) is 18.5 Å². The molecule has 20 heavy (non-hydrogen) atoms. The number of benzene rings is 1. The first-order chi connectivity index (χ1) is 9.66. The average Bonchev–Trinajstić information content (AvgIpc) is 2.87. The Morgan fingerprint density at radius 3 is 2.60 bits per heavy atom. The van der Waals surface area contributed by atoms with E-state index < -0.39 is 0 Å². The maximum Gasteiger partial charge on any atom is 0.122 e. The molecule has 1 aromatic heterocycles.